The Labute approximate surface area is 194 Å². The number of amides is 1. The summed E-state index contributed by atoms with van der Waals surface area (Å²) in [5.41, 5.74) is 0.459. The second kappa shape index (κ2) is 11.8. The minimum Gasteiger partial charge on any atom is -0.357 e. The van der Waals surface area contributed by atoms with Crippen LogP contribution in [0.5, 0.6) is 0 Å². The monoisotopic (exact) mass is 534 g/mol. The molecule has 1 aromatic rings. The summed E-state index contributed by atoms with van der Waals surface area (Å²) in [4.78, 5) is 17.0. The Morgan fingerprint density at radius 1 is 1.17 bits per heavy atom. The summed E-state index contributed by atoms with van der Waals surface area (Å²) < 4.78 is 27.1. The molecule has 0 bridgehead atoms. The minimum absolute atomic E-state index is 0. The normalized spacial score (nSPS) is 22.6. The van der Waals surface area contributed by atoms with Gasteiger partial charge in [-0.05, 0) is 50.7 Å². The molecule has 2 aliphatic carbocycles. The second-order valence-electron chi connectivity index (χ2n) is 8.27. The van der Waals surface area contributed by atoms with Gasteiger partial charge in [0.2, 0.25) is 5.91 Å². The summed E-state index contributed by atoms with van der Waals surface area (Å²) in [6.45, 7) is 4.97. The van der Waals surface area contributed by atoms with Crippen molar-refractivity contribution in [3.8, 4) is 0 Å². The molecule has 3 N–H and O–H groups in total. The lowest BCUT2D eigenvalue weighted by atomic mass is 9.85. The molecule has 30 heavy (non-hydrogen) atoms. The summed E-state index contributed by atoms with van der Waals surface area (Å²) in [7, 11) is 0. The van der Waals surface area contributed by atoms with Crippen molar-refractivity contribution in [1.29, 1.82) is 0 Å². The highest BCUT2D eigenvalue weighted by Crippen LogP contribution is 2.27. The van der Waals surface area contributed by atoms with Gasteiger partial charge in [0.25, 0.3) is 0 Å². The lowest BCUT2D eigenvalue weighted by molar-refractivity contribution is -0.126. The number of carbonyl (C=O) groups is 1. The molecule has 0 aromatic heterocycles. The fourth-order valence-electron chi connectivity index (χ4n) is 3.85. The Kier molecular flexibility index (Phi) is 9.77. The lowest BCUT2D eigenvalue weighted by Crippen LogP contribution is -2.47. The van der Waals surface area contributed by atoms with E-state index in [4.69, 9.17) is 0 Å². The molecule has 3 rings (SSSR count). The molecule has 1 amide bonds. The van der Waals surface area contributed by atoms with Crippen molar-refractivity contribution < 1.29 is 13.6 Å². The molecule has 8 heteroatoms. The summed E-state index contributed by atoms with van der Waals surface area (Å²) in [6.07, 6.45) is 5.95. The van der Waals surface area contributed by atoms with E-state index >= 15 is 0 Å². The van der Waals surface area contributed by atoms with Gasteiger partial charge < -0.3 is 16.0 Å². The number of rotatable bonds is 7. The molecule has 2 fully saturated rings. The van der Waals surface area contributed by atoms with E-state index in [1.807, 2.05) is 13.8 Å². The molecule has 168 valence electrons. The lowest BCUT2D eigenvalue weighted by Gasteiger charge is -2.30. The highest BCUT2D eigenvalue weighted by atomic mass is 127. The van der Waals surface area contributed by atoms with E-state index in [-0.39, 0.29) is 47.8 Å². The van der Waals surface area contributed by atoms with Gasteiger partial charge in [-0.3, -0.25) is 9.79 Å². The number of guanidine groups is 1. The number of halogens is 3. The molecule has 0 spiro atoms. The fraction of sp³-hybridized carbons (Fsp3) is 0.636. The molecule has 0 aliphatic heterocycles. The smallest absolute Gasteiger partial charge is 0.223 e. The second-order valence-corrected chi connectivity index (χ2v) is 8.27. The minimum atomic E-state index is -0.575. The molecule has 2 aliphatic rings. The third-order valence-electron chi connectivity index (χ3n) is 5.67. The quantitative estimate of drug-likeness (QED) is 0.281. The first-order chi connectivity index (χ1) is 14.0. The first kappa shape index (κ1) is 24.8. The van der Waals surface area contributed by atoms with Crippen LogP contribution >= 0.6 is 24.0 Å². The fourth-order valence-corrected chi connectivity index (χ4v) is 3.85. The van der Waals surface area contributed by atoms with Gasteiger partial charge in [0.15, 0.2) is 5.96 Å². The molecule has 2 saturated carbocycles. The third kappa shape index (κ3) is 7.35. The van der Waals surface area contributed by atoms with Crippen LogP contribution in [0.1, 0.15) is 63.9 Å². The highest BCUT2D eigenvalue weighted by Gasteiger charge is 2.31. The van der Waals surface area contributed by atoms with Crippen molar-refractivity contribution in [2.24, 2.45) is 10.9 Å². The van der Waals surface area contributed by atoms with Crippen LogP contribution in [-0.4, -0.2) is 37.0 Å². The first-order valence-corrected chi connectivity index (χ1v) is 10.8. The Morgan fingerprint density at radius 3 is 2.60 bits per heavy atom. The molecule has 0 radical (unpaired) electrons. The Balaban J connectivity index is 0.00000320. The van der Waals surface area contributed by atoms with Crippen molar-refractivity contribution >= 4 is 35.8 Å². The number of hydrogen-bond donors (Lipinski definition) is 3. The van der Waals surface area contributed by atoms with E-state index in [0.717, 1.165) is 44.6 Å². The van der Waals surface area contributed by atoms with Crippen LogP contribution in [0.15, 0.2) is 23.2 Å². The van der Waals surface area contributed by atoms with Crippen LogP contribution < -0.4 is 16.0 Å². The predicted molar refractivity (Wildman–Crippen MR) is 126 cm³/mol. The highest BCUT2D eigenvalue weighted by molar-refractivity contribution is 14.0. The van der Waals surface area contributed by atoms with Crippen LogP contribution in [0, 0.1) is 17.6 Å². The SMILES string of the molecule is CCNC(=NCC(C)c1ccc(F)cc1F)NC1CCCC(C(=O)NC2CC2)C1.I. The van der Waals surface area contributed by atoms with E-state index in [1.54, 1.807) is 0 Å². The van der Waals surface area contributed by atoms with E-state index in [9.17, 15) is 13.6 Å². The maximum atomic E-state index is 14.0. The van der Waals surface area contributed by atoms with E-state index in [1.165, 1.54) is 12.1 Å². The molecule has 1 aromatic carbocycles. The number of hydrogen-bond acceptors (Lipinski definition) is 2. The molecule has 5 nitrogen and oxygen atoms in total. The van der Waals surface area contributed by atoms with Gasteiger partial charge in [-0.25, -0.2) is 8.78 Å². The number of carbonyl (C=O) groups excluding carboxylic acids is 1. The van der Waals surface area contributed by atoms with Crippen molar-refractivity contribution in [2.45, 2.75) is 70.4 Å². The van der Waals surface area contributed by atoms with Crippen molar-refractivity contribution in [1.82, 2.24) is 16.0 Å². The summed E-state index contributed by atoms with van der Waals surface area (Å²) in [5, 5.41) is 9.79. The average Bonchev–Trinajstić information content (AvgIpc) is 3.50. The first-order valence-electron chi connectivity index (χ1n) is 10.8. The molecule has 3 unspecified atom stereocenters. The van der Waals surface area contributed by atoms with Crippen LogP contribution in [0.2, 0.25) is 0 Å². The number of nitrogens with one attached hydrogen (secondary N) is 3. The van der Waals surface area contributed by atoms with E-state index < -0.39 is 11.6 Å². The largest absolute Gasteiger partial charge is 0.357 e. The predicted octanol–water partition coefficient (Wildman–Crippen LogP) is 4.08. The van der Waals surface area contributed by atoms with E-state index in [0.29, 0.717) is 30.7 Å². The Hall–Kier alpha value is -1.45. The van der Waals surface area contributed by atoms with Gasteiger partial charge in [0.1, 0.15) is 11.6 Å². The molecule has 3 atom stereocenters. The van der Waals surface area contributed by atoms with Crippen LogP contribution in [0.25, 0.3) is 0 Å². The Morgan fingerprint density at radius 2 is 1.93 bits per heavy atom. The molecule has 0 heterocycles. The summed E-state index contributed by atoms with van der Waals surface area (Å²) >= 11 is 0. The number of benzene rings is 1. The van der Waals surface area contributed by atoms with Gasteiger partial charge in [0.05, 0.1) is 0 Å². The zero-order valence-electron chi connectivity index (χ0n) is 17.7. The topological polar surface area (TPSA) is 65.5 Å². The summed E-state index contributed by atoms with van der Waals surface area (Å²) in [5.74, 6) is -0.375. The summed E-state index contributed by atoms with van der Waals surface area (Å²) in [6, 6.07) is 4.25. The molecular weight excluding hydrogens is 501 g/mol. The zero-order valence-corrected chi connectivity index (χ0v) is 20.0. The van der Waals surface area contributed by atoms with Gasteiger partial charge in [0, 0.05) is 43.1 Å². The van der Waals surface area contributed by atoms with Crippen molar-refractivity contribution in [3.05, 3.63) is 35.4 Å². The number of aliphatic imine (C=N–C) groups is 1. The molecule has 0 saturated heterocycles. The zero-order chi connectivity index (χ0) is 20.8. The Bertz CT molecular complexity index is 742. The van der Waals surface area contributed by atoms with Crippen molar-refractivity contribution in [3.63, 3.8) is 0 Å². The van der Waals surface area contributed by atoms with Crippen LogP contribution in [0.3, 0.4) is 0 Å². The maximum absolute atomic E-state index is 14.0. The van der Waals surface area contributed by atoms with Gasteiger partial charge in [-0.2, -0.15) is 0 Å². The van der Waals surface area contributed by atoms with Crippen LogP contribution in [-0.2, 0) is 4.79 Å². The standard InChI is InChI=1S/C22H32F2N4O.HI/c1-3-25-22(26-13-14(2)19-10-7-16(23)12-20(19)24)28-18-6-4-5-15(11-18)21(29)27-17-8-9-17;/h7,10,12,14-15,17-18H,3-6,8-9,11,13H2,1-2H3,(H,27,29)(H2,25,26,28);1H. The number of nitrogens with zero attached hydrogens (tertiary/aromatic N) is 1. The maximum Gasteiger partial charge on any atom is 0.223 e. The van der Waals surface area contributed by atoms with E-state index in [2.05, 4.69) is 20.9 Å². The van der Waals surface area contributed by atoms with Gasteiger partial charge >= 0.3 is 0 Å². The van der Waals surface area contributed by atoms with Crippen LogP contribution in [0.4, 0.5) is 8.78 Å². The molecular formula is C22H33F2IN4O. The van der Waals surface area contributed by atoms with Gasteiger partial charge in [-0.15, -0.1) is 24.0 Å². The van der Waals surface area contributed by atoms with Gasteiger partial charge in [-0.1, -0.05) is 19.4 Å². The average molecular weight is 534 g/mol. The van der Waals surface area contributed by atoms with Crippen molar-refractivity contribution in [2.75, 3.05) is 13.1 Å². The third-order valence-corrected chi connectivity index (χ3v) is 5.67.